The zero-order valence-corrected chi connectivity index (χ0v) is 20.6. The Balaban J connectivity index is 2.25. The number of aryl methyl sites for hydroxylation is 1. The fourth-order valence-corrected chi connectivity index (χ4v) is 4.96. The van der Waals surface area contributed by atoms with E-state index >= 15 is 0 Å². The number of rotatable bonds is 9. The quantitative estimate of drug-likeness (QED) is 0.379. The number of thioether (sulfide) groups is 1. The van der Waals surface area contributed by atoms with Crippen molar-refractivity contribution < 1.29 is 14.6 Å². The third kappa shape index (κ3) is 5.11. The number of phenolic OH excluding ortho intramolecular Hbond substituents is 1. The fraction of sp³-hybridized carbons (Fsp3) is 0.400. The van der Waals surface area contributed by atoms with Crippen molar-refractivity contribution >= 4 is 28.6 Å². The molecule has 0 amide bonds. The molecule has 1 heterocycles. The van der Waals surface area contributed by atoms with Gasteiger partial charge in [0.1, 0.15) is 5.75 Å². The summed E-state index contributed by atoms with van der Waals surface area (Å²) in [7, 11) is 9.87. The first kappa shape index (κ1) is 24.2. The van der Waals surface area contributed by atoms with Crippen LogP contribution in [0.25, 0.3) is 10.9 Å². The number of aromatic nitrogens is 1. The molecule has 3 aromatic rings. The summed E-state index contributed by atoms with van der Waals surface area (Å²) in [6.45, 7) is 3.24. The molecule has 172 valence electrons. The molecule has 0 fully saturated rings. The average Bonchev–Trinajstić information content (AvgIpc) is 3.01. The van der Waals surface area contributed by atoms with Crippen molar-refractivity contribution in [3.8, 4) is 5.75 Å². The van der Waals surface area contributed by atoms with Crippen molar-refractivity contribution in [2.45, 2.75) is 30.7 Å². The van der Waals surface area contributed by atoms with Crippen LogP contribution in [0.2, 0.25) is 0 Å². The number of hydrogen-bond acceptors (Lipinski definition) is 6. The smallest absolute Gasteiger partial charge is 0.340 e. The third-order valence-corrected chi connectivity index (χ3v) is 6.35. The van der Waals surface area contributed by atoms with Gasteiger partial charge >= 0.3 is 5.97 Å². The van der Waals surface area contributed by atoms with Crippen molar-refractivity contribution in [3.63, 3.8) is 0 Å². The van der Waals surface area contributed by atoms with Crippen LogP contribution in [0.5, 0.6) is 5.75 Å². The van der Waals surface area contributed by atoms with E-state index in [0.717, 1.165) is 32.6 Å². The zero-order valence-electron chi connectivity index (χ0n) is 19.8. The molecule has 0 atom stereocenters. The molecular weight excluding hydrogens is 422 g/mol. The minimum absolute atomic E-state index is 0.248. The van der Waals surface area contributed by atoms with Crippen LogP contribution in [0.3, 0.4) is 0 Å². The number of ether oxygens (including phenoxy) is 1. The second kappa shape index (κ2) is 10.4. The van der Waals surface area contributed by atoms with Crippen LogP contribution < -0.4 is 0 Å². The van der Waals surface area contributed by atoms with Gasteiger partial charge in [-0.2, -0.15) is 0 Å². The van der Waals surface area contributed by atoms with Gasteiger partial charge in [0.15, 0.2) is 0 Å². The molecule has 3 rings (SSSR count). The first-order valence-corrected chi connectivity index (χ1v) is 11.7. The maximum Gasteiger partial charge on any atom is 0.340 e. The number of carbonyl (C=O) groups is 1. The van der Waals surface area contributed by atoms with Gasteiger partial charge in [0.05, 0.1) is 12.2 Å². The molecule has 0 aliphatic carbocycles. The number of benzene rings is 2. The van der Waals surface area contributed by atoms with E-state index in [9.17, 15) is 9.90 Å². The molecule has 32 heavy (non-hydrogen) atoms. The summed E-state index contributed by atoms with van der Waals surface area (Å²) >= 11 is 1.68. The van der Waals surface area contributed by atoms with Gasteiger partial charge in [0.2, 0.25) is 0 Å². The summed E-state index contributed by atoms with van der Waals surface area (Å²) in [5.41, 5.74) is 3.99. The van der Waals surface area contributed by atoms with Crippen LogP contribution in [0.15, 0.2) is 41.3 Å². The summed E-state index contributed by atoms with van der Waals surface area (Å²) < 4.78 is 7.55. The largest absolute Gasteiger partial charge is 0.507 e. The molecule has 0 aliphatic rings. The zero-order chi connectivity index (χ0) is 23.4. The van der Waals surface area contributed by atoms with Crippen molar-refractivity contribution in [1.82, 2.24) is 14.4 Å². The van der Waals surface area contributed by atoms with Crippen molar-refractivity contribution in [2.24, 2.45) is 7.05 Å². The lowest BCUT2D eigenvalue weighted by atomic mass is 9.99. The fourth-order valence-electron chi connectivity index (χ4n) is 3.97. The molecule has 0 spiro atoms. The monoisotopic (exact) mass is 455 g/mol. The van der Waals surface area contributed by atoms with E-state index in [4.69, 9.17) is 4.74 Å². The van der Waals surface area contributed by atoms with Gasteiger partial charge in [-0.1, -0.05) is 18.2 Å². The lowest BCUT2D eigenvalue weighted by molar-refractivity contribution is 0.0527. The van der Waals surface area contributed by atoms with E-state index in [1.165, 1.54) is 0 Å². The summed E-state index contributed by atoms with van der Waals surface area (Å²) in [6.07, 6.45) is 0. The average molecular weight is 456 g/mol. The molecule has 6 nitrogen and oxygen atoms in total. The van der Waals surface area contributed by atoms with Gasteiger partial charge in [-0.05, 0) is 53.3 Å². The molecule has 0 saturated carbocycles. The predicted octanol–water partition coefficient (Wildman–Crippen LogP) is 4.48. The Kier molecular flexibility index (Phi) is 7.87. The Morgan fingerprint density at radius 2 is 1.75 bits per heavy atom. The van der Waals surface area contributed by atoms with Gasteiger partial charge in [0.25, 0.3) is 0 Å². The minimum atomic E-state index is -0.346. The Hall–Kier alpha value is -2.48. The Morgan fingerprint density at radius 1 is 1.09 bits per heavy atom. The lowest BCUT2D eigenvalue weighted by Gasteiger charge is -2.18. The Labute approximate surface area is 194 Å². The van der Waals surface area contributed by atoms with Crippen LogP contribution in [0.1, 0.15) is 34.1 Å². The molecule has 0 aliphatic heterocycles. The van der Waals surface area contributed by atoms with Gasteiger partial charge in [-0.25, -0.2) is 4.79 Å². The van der Waals surface area contributed by atoms with Crippen molar-refractivity contribution in [1.29, 1.82) is 0 Å². The van der Waals surface area contributed by atoms with Gasteiger partial charge in [-0.15, -0.1) is 11.8 Å². The first-order chi connectivity index (χ1) is 15.2. The van der Waals surface area contributed by atoms with E-state index in [0.29, 0.717) is 31.0 Å². The van der Waals surface area contributed by atoms with Crippen molar-refractivity contribution in [2.75, 3.05) is 34.8 Å². The number of aromatic hydroxyl groups is 1. The van der Waals surface area contributed by atoms with Crippen molar-refractivity contribution in [3.05, 3.63) is 58.8 Å². The van der Waals surface area contributed by atoms with Gasteiger partial charge < -0.3 is 24.2 Å². The SMILES string of the molecule is CCOC(=O)c1c(CSc2ccccc2)n(C)c2cc(CN(C)C)c(O)c(CN(C)C)c12. The summed E-state index contributed by atoms with van der Waals surface area (Å²) in [5, 5.41) is 12.0. The second-order valence-corrected chi connectivity index (χ2v) is 9.48. The number of nitrogens with zero attached hydrogens (tertiary/aromatic N) is 3. The molecule has 7 heteroatoms. The highest BCUT2D eigenvalue weighted by Gasteiger charge is 2.27. The molecule has 0 radical (unpaired) electrons. The highest BCUT2D eigenvalue weighted by Crippen LogP contribution is 2.39. The molecule has 1 N–H and O–H groups in total. The lowest BCUT2D eigenvalue weighted by Crippen LogP contribution is -2.15. The van der Waals surface area contributed by atoms with E-state index in [-0.39, 0.29) is 11.7 Å². The molecule has 1 aromatic heterocycles. The standard InChI is InChI=1S/C25H33N3O3S/c1-7-31-25(30)23-21(16-32-18-11-9-8-10-12-18)28(6)20-13-17(14-26(2)3)24(29)19(22(20)23)15-27(4)5/h8-13,29H,7,14-16H2,1-6H3. The molecule has 0 bridgehead atoms. The third-order valence-electron chi connectivity index (χ3n) is 5.32. The molecular formula is C25H33N3O3S. The molecule has 0 saturated heterocycles. The van der Waals surface area contributed by atoms with E-state index in [1.807, 2.05) is 76.2 Å². The minimum Gasteiger partial charge on any atom is -0.507 e. The predicted molar refractivity (Wildman–Crippen MR) is 131 cm³/mol. The second-order valence-electron chi connectivity index (χ2n) is 8.44. The first-order valence-electron chi connectivity index (χ1n) is 10.7. The maximum absolute atomic E-state index is 13.2. The van der Waals surface area contributed by atoms with Crippen LogP contribution in [-0.4, -0.2) is 60.2 Å². The normalized spacial score (nSPS) is 11.6. The Bertz CT molecular complexity index is 1090. The number of fused-ring (bicyclic) bond motifs is 1. The molecule has 2 aromatic carbocycles. The number of hydrogen-bond donors (Lipinski definition) is 1. The number of esters is 1. The summed E-state index contributed by atoms with van der Waals surface area (Å²) in [5.74, 6) is 0.522. The summed E-state index contributed by atoms with van der Waals surface area (Å²) in [4.78, 5) is 18.3. The number of phenols is 1. The highest BCUT2D eigenvalue weighted by atomic mass is 32.2. The van der Waals surface area contributed by atoms with Gasteiger partial charge in [-0.3, -0.25) is 0 Å². The van der Waals surface area contributed by atoms with E-state index in [1.54, 1.807) is 11.8 Å². The Morgan fingerprint density at radius 3 is 2.34 bits per heavy atom. The van der Waals surface area contributed by atoms with E-state index < -0.39 is 0 Å². The summed E-state index contributed by atoms with van der Waals surface area (Å²) in [6, 6.07) is 12.1. The van der Waals surface area contributed by atoms with Crippen LogP contribution >= 0.6 is 11.8 Å². The highest BCUT2D eigenvalue weighted by molar-refractivity contribution is 7.98. The van der Waals surface area contributed by atoms with E-state index in [2.05, 4.69) is 16.7 Å². The van der Waals surface area contributed by atoms with Crippen LogP contribution in [0.4, 0.5) is 0 Å². The topological polar surface area (TPSA) is 57.9 Å². The van der Waals surface area contributed by atoms with Crippen LogP contribution in [0, 0.1) is 0 Å². The molecule has 0 unspecified atom stereocenters. The van der Waals surface area contributed by atoms with Gasteiger partial charge in [0, 0.05) is 58.5 Å². The van der Waals surface area contributed by atoms with Crippen LogP contribution in [-0.2, 0) is 30.6 Å². The number of carbonyl (C=O) groups excluding carboxylic acids is 1. The maximum atomic E-state index is 13.2.